The van der Waals surface area contributed by atoms with Gasteiger partial charge in [-0.1, -0.05) is 0 Å². The molecule has 0 atom stereocenters. The molecule has 0 saturated carbocycles. The zero-order valence-electron chi connectivity index (χ0n) is 15.9. The van der Waals surface area contributed by atoms with Crippen LogP contribution in [0.1, 0.15) is 54.6 Å². The van der Waals surface area contributed by atoms with Crippen LogP contribution in [-0.4, -0.2) is 33.1 Å². The Kier molecular flexibility index (Phi) is 4.42. The fourth-order valence-electron chi connectivity index (χ4n) is 4.79. The molecule has 0 N–H and O–H groups in total. The van der Waals surface area contributed by atoms with Crippen LogP contribution in [-0.2, 0) is 32.2 Å². The van der Waals surface area contributed by atoms with Crippen molar-refractivity contribution in [2.75, 3.05) is 18.0 Å². The van der Waals surface area contributed by atoms with E-state index in [1.807, 2.05) is 6.07 Å². The first-order valence-corrected chi connectivity index (χ1v) is 10.5. The first kappa shape index (κ1) is 16.9. The molecule has 3 heterocycles. The van der Waals surface area contributed by atoms with E-state index < -0.39 is 0 Å². The van der Waals surface area contributed by atoms with Crippen LogP contribution in [0.25, 0.3) is 0 Å². The number of aryl methyl sites for hydroxylation is 4. The predicted molar refractivity (Wildman–Crippen MR) is 104 cm³/mol. The predicted octanol–water partition coefficient (Wildman–Crippen LogP) is 2.32. The summed E-state index contributed by atoms with van der Waals surface area (Å²) in [5.74, 6) is 1.54. The Morgan fingerprint density at radius 3 is 2.52 bits per heavy atom. The van der Waals surface area contributed by atoms with E-state index in [0.717, 1.165) is 69.7 Å². The third-order valence-electron chi connectivity index (χ3n) is 6.45. The van der Waals surface area contributed by atoms with Crippen LogP contribution in [0.4, 0.5) is 5.82 Å². The Hall–Kier alpha value is -2.24. The zero-order valence-corrected chi connectivity index (χ0v) is 15.9. The van der Waals surface area contributed by atoms with Gasteiger partial charge in [-0.15, -0.1) is 5.10 Å². The first-order chi connectivity index (χ1) is 13.3. The summed E-state index contributed by atoms with van der Waals surface area (Å²) >= 11 is 0. The van der Waals surface area contributed by atoms with Gasteiger partial charge in [0.2, 0.25) is 0 Å². The molecule has 27 heavy (non-hydrogen) atoms. The lowest BCUT2D eigenvalue weighted by Crippen LogP contribution is -2.37. The van der Waals surface area contributed by atoms with Crippen molar-refractivity contribution in [3.8, 4) is 0 Å². The van der Waals surface area contributed by atoms with E-state index in [1.54, 1.807) is 4.68 Å². The van der Waals surface area contributed by atoms with E-state index in [1.165, 1.54) is 36.1 Å². The van der Waals surface area contributed by atoms with Gasteiger partial charge in [0.1, 0.15) is 0 Å². The molecule has 0 bridgehead atoms. The van der Waals surface area contributed by atoms with Crippen molar-refractivity contribution in [3.63, 3.8) is 0 Å². The summed E-state index contributed by atoms with van der Waals surface area (Å²) in [5, 5.41) is 13.6. The number of hydrogen-bond acceptors (Lipinski definition) is 5. The largest absolute Gasteiger partial charge is 0.355 e. The molecule has 0 unspecified atom stereocenters. The van der Waals surface area contributed by atoms with E-state index in [-0.39, 0.29) is 5.56 Å². The number of aromatic nitrogens is 4. The van der Waals surface area contributed by atoms with Gasteiger partial charge in [0.05, 0.1) is 11.4 Å². The van der Waals surface area contributed by atoms with Crippen molar-refractivity contribution in [3.05, 3.63) is 45.0 Å². The molecular weight excluding hydrogens is 338 g/mol. The summed E-state index contributed by atoms with van der Waals surface area (Å²) in [6.45, 7) is 2.71. The van der Waals surface area contributed by atoms with E-state index >= 15 is 0 Å². The number of rotatable bonds is 3. The van der Waals surface area contributed by atoms with Gasteiger partial charge in [0.15, 0.2) is 5.82 Å². The minimum atomic E-state index is 0.0718. The molecule has 1 fully saturated rings. The second-order valence-electron chi connectivity index (χ2n) is 8.30. The summed E-state index contributed by atoms with van der Waals surface area (Å²) in [7, 11) is 0. The maximum absolute atomic E-state index is 12.4. The van der Waals surface area contributed by atoms with Crippen LogP contribution in [0.2, 0.25) is 0 Å². The van der Waals surface area contributed by atoms with E-state index in [2.05, 4.69) is 21.2 Å². The maximum atomic E-state index is 12.4. The highest BCUT2D eigenvalue weighted by atomic mass is 16.1. The van der Waals surface area contributed by atoms with Gasteiger partial charge in [-0.3, -0.25) is 4.79 Å². The second-order valence-corrected chi connectivity index (χ2v) is 8.30. The molecule has 3 aliphatic rings. The summed E-state index contributed by atoms with van der Waals surface area (Å²) in [5.41, 5.74) is 4.96. The summed E-state index contributed by atoms with van der Waals surface area (Å²) in [4.78, 5) is 14.8. The van der Waals surface area contributed by atoms with Gasteiger partial charge in [0.25, 0.3) is 5.56 Å². The molecule has 2 aromatic rings. The van der Waals surface area contributed by atoms with Crippen LogP contribution < -0.4 is 10.5 Å². The summed E-state index contributed by atoms with van der Waals surface area (Å²) in [6, 6.07) is 4.07. The average molecular weight is 365 g/mol. The number of hydrogen-bond donors (Lipinski definition) is 0. The van der Waals surface area contributed by atoms with Crippen molar-refractivity contribution in [2.24, 2.45) is 5.92 Å². The number of piperidine rings is 1. The summed E-state index contributed by atoms with van der Waals surface area (Å²) in [6.07, 6.45) is 9.98. The number of nitrogens with zero attached hydrogens (tertiary/aromatic N) is 5. The Morgan fingerprint density at radius 1 is 0.889 bits per heavy atom. The van der Waals surface area contributed by atoms with Crippen LogP contribution in [0.15, 0.2) is 16.9 Å². The molecule has 2 aliphatic carbocycles. The van der Waals surface area contributed by atoms with Crippen LogP contribution in [0, 0.1) is 5.92 Å². The SMILES string of the molecule is O=c1cc2c(nn1CC1CCN(c3cc4c(nn3)CCC4)CC1)CCCC2. The smallest absolute Gasteiger partial charge is 0.267 e. The Labute approximate surface area is 159 Å². The van der Waals surface area contributed by atoms with Gasteiger partial charge in [0, 0.05) is 25.7 Å². The standard InChI is InChI=1S/C21H27N5O/c27-21-13-17-4-1-2-6-19(17)24-26(21)14-15-8-10-25(11-9-15)20-12-16-5-3-7-18(16)22-23-20/h12-13,15H,1-11,14H2. The fourth-order valence-corrected chi connectivity index (χ4v) is 4.79. The van der Waals surface area contributed by atoms with Crippen LogP contribution in [0.3, 0.4) is 0 Å². The lowest BCUT2D eigenvalue weighted by Gasteiger charge is -2.32. The normalized spacial score (nSPS) is 19.8. The molecule has 1 saturated heterocycles. The second kappa shape index (κ2) is 7.06. The molecule has 2 aromatic heterocycles. The molecule has 0 aromatic carbocycles. The van der Waals surface area contributed by atoms with Gasteiger partial charge >= 0.3 is 0 Å². The lowest BCUT2D eigenvalue weighted by molar-refractivity contribution is 0.331. The molecule has 0 spiro atoms. The number of fused-ring (bicyclic) bond motifs is 2. The van der Waals surface area contributed by atoms with E-state index in [9.17, 15) is 4.79 Å². The van der Waals surface area contributed by atoms with Gasteiger partial charge in [-0.2, -0.15) is 10.2 Å². The van der Waals surface area contributed by atoms with Gasteiger partial charge < -0.3 is 4.90 Å². The summed E-state index contributed by atoms with van der Waals surface area (Å²) < 4.78 is 1.72. The maximum Gasteiger partial charge on any atom is 0.267 e. The molecule has 0 radical (unpaired) electrons. The first-order valence-electron chi connectivity index (χ1n) is 10.5. The third-order valence-corrected chi connectivity index (χ3v) is 6.45. The fraction of sp³-hybridized carbons (Fsp3) is 0.619. The quantitative estimate of drug-likeness (QED) is 0.835. The molecule has 6 heteroatoms. The van der Waals surface area contributed by atoms with Gasteiger partial charge in [-0.25, -0.2) is 4.68 Å². The highest BCUT2D eigenvalue weighted by Gasteiger charge is 2.24. The van der Waals surface area contributed by atoms with Crippen LogP contribution in [0.5, 0.6) is 0 Å². The number of anilines is 1. The highest BCUT2D eigenvalue weighted by molar-refractivity contribution is 5.43. The molecule has 5 rings (SSSR count). The van der Waals surface area contributed by atoms with E-state index in [0.29, 0.717) is 5.92 Å². The Bertz CT molecular complexity index is 898. The monoisotopic (exact) mass is 365 g/mol. The zero-order chi connectivity index (χ0) is 18.2. The van der Waals surface area contributed by atoms with Crippen molar-refractivity contribution >= 4 is 5.82 Å². The van der Waals surface area contributed by atoms with Gasteiger partial charge in [-0.05, 0) is 80.9 Å². The van der Waals surface area contributed by atoms with Crippen LogP contribution >= 0.6 is 0 Å². The average Bonchev–Trinajstić information content (AvgIpc) is 3.17. The topological polar surface area (TPSA) is 63.9 Å². The molecule has 6 nitrogen and oxygen atoms in total. The molecule has 1 aliphatic heterocycles. The minimum absolute atomic E-state index is 0.0718. The Balaban J connectivity index is 1.24. The van der Waals surface area contributed by atoms with Crippen molar-refractivity contribution in [1.82, 2.24) is 20.0 Å². The Morgan fingerprint density at radius 2 is 1.63 bits per heavy atom. The highest BCUT2D eigenvalue weighted by Crippen LogP contribution is 2.26. The lowest BCUT2D eigenvalue weighted by atomic mass is 9.96. The van der Waals surface area contributed by atoms with Crippen molar-refractivity contribution < 1.29 is 0 Å². The van der Waals surface area contributed by atoms with E-state index in [4.69, 9.17) is 5.10 Å². The van der Waals surface area contributed by atoms with Crippen molar-refractivity contribution in [1.29, 1.82) is 0 Å². The van der Waals surface area contributed by atoms with Crippen molar-refractivity contribution in [2.45, 2.75) is 64.3 Å². The molecular formula is C21H27N5O. The third kappa shape index (κ3) is 3.37. The molecule has 0 amide bonds. The minimum Gasteiger partial charge on any atom is -0.355 e. The molecule has 142 valence electrons.